The molecule has 1 aromatic carbocycles. The Kier molecular flexibility index (Phi) is 5.50. The van der Waals surface area contributed by atoms with Crippen molar-refractivity contribution in [2.75, 3.05) is 13.7 Å². The van der Waals surface area contributed by atoms with Gasteiger partial charge in [0, 0.05) is 5.56 Å². The summed E-state index contributed by atoms with van der Waals surface area (Å²) in [6, 6.07) is 9.60. The molecule has 1 N–H and O–H groups in total. The van der Waals surface area contributed by atoms with Crippen LogP contribution in [0.4, 0.5) is 0 Å². The minimum absolute atomic E-state index is 0.587. The molecule has 0 amide bonds. The molecule has 0 atom stereocenters. The average Bonchev–Trinajstić information content (AvgIpc) is 2.92. The maximum absolute atomic E-state index is 6.13. The highest BCUT2D eigenvalue weighted by molar-refractivity contribution is 6.32. The fraction of sp³-hybridized carbons (Fsp3) is 0.375. The Morgan fingerprint density at radius 3 is 2.80 bits per heavy atom. The van der Waals surface area contributed by atoms with Gasteiger partial charge in [0.15, 0.2) is 0 Å². The second-order valence-corrected chi connectivity index (χ2v) is 5.05. The maximum atomic E-state index is 6.13. The second kappa shape index (κ2) is 7.36. The summed E-state index contributed by atoms with van der Waals surface area (Å²) < 4.78 is 11.0. The Morgan fingerprint density at radius 1 is 1.25 bits per heavy atom. The smallest absolute Gasteiger partial charge is 0.137 e. The molecule has 4 heteroatoms. The van der Waals surface area contributed by atoms with Gasteiger partial charge in [0.1, 0.15) is 17.3 Å². The third-order valence-electron chi connectivity index (χ3n) is 3.10. The highest BCUT2D eigenvalue weighted by Gasteiger charge is 2.07. The number of rotatable bonds is 7. The molecule has 3 nitrogen and oxygen atoms in total. The lowest BCUT2D eigenvalue weighted by molar-refractivity contribution is 0.415. The number of furan rings is 1. The van der Waals surface area contributed by atoms with Crippen LogP contribution in [0, 0.1) is 0 Å². The molecule has 0 saturated carbocycles. The summed E-state index contributed by atoms with van der Waals surface area (Å²) in [7, 11) is 1.61. The standard InChI is InChI=1S/C16H20ClNO2/c1-3-4-9-18-11-13-6-8-15(20-13)12-5-7-16(19-2)14(17)10-12/h5-8,10,18H,3-4,9,11H2,1-2H3. The number of unbranched alkanes of at least 4 members (excludes halogenated alkanes) is 1. The first-order valence-electron chi connectivity index (χ1n) is 6.88. The number of hydrogen-bond acceptors (Lipinski definition) is 3. The van der Waals surface area contributed by atoms with Crippen LogP contribution < -0.4 is 10.1 Å². The maximum Gasteiger partial charge on any atom is 0.137 e. The van der Waals surface area contributed by atoms with Crippen molar-refractivity contribution in [1.29, 1.82) is 0 Å². The van der Waals surface area contributed by atoms with Crippen LogP contribution in [0.1, 0.15) is 25.5 Å². The van der Waals surface area contributed by atoms with Crippen molar-refractivity contribution in [3.8, 4) is 17.1 Å². The number of ether oxygens (including phenoxy) is 1. The first-order chi connectivity index (χ1) is 9.74. The van der Waals surface area contributed by atoms with E-state index in [1.54, 1.807) is 7.11 Å². The first kappa shape index (κ1) is 14.9. The van der Waals surface area contributed by atoms with Crippen molar-refractivity contribution in [3.05, 3.63) is 41.1 Å². The van der Waals surface area contributed by atoms with Gasteiger partial charge in [-0.2, -0.15) is 0 Å². The monoisotopic (exact) mass is 293 g/mol. The predicted octanol–water partition coefficient (Wildman–Crippen LogP) is 4.50. The van der Waals surface area contributed by atoms with Crippen LogP contribution in [0.15, 0.2) is 34.7 Å². The molecule has 1 aromatic heterocycles. The molecule has 0 unspecified atom stereocenters. The molecule has 0 spiro atoms. The Bertz CT molecular complexity index is 551. The van der Waals surface area contributed by atoms with E-state index in [1.807, 2.05) is 30.3 Å². The minimum atomic E-state index is 0.587. The van der Waals surface area contributed by atoms with Gasteiger partial charge >= 0.3 is 0 Å². The number of hydrogen-bond donors (Lipinski definition) is 1. The van der Waals surface area contributed by atoms with Gasteiger partial charge in [0.2, 0.25) is 0 Å². The summed E-state index contributed by atoms with van der Waals surface area (Å²) in [5.74, 6) is 2.42. The van der Waals surface area contributed by atoms with Crippen LogP contribution in [0.25, 0.3) is 11.3 Å². The lowest BCUT2D eigenvalue weighted by atomic mass is 10.2. The van der Waals surface area contributed by atoms with Crippen LogP contribution in [0.2, 0.25) is 5.02 Å². The van der Waals surface area contributed by atoms with Crippen LogP contribution in [-0.2, 0) is 6.54 Å². The number of benzene rings is 1. The zero-order chi connectivity index (χ0) is 14.4. The van der Waals surface area contributed by atoms with Crippen LogP contribution in [0.5, 0.6) is 5.75 Å². The van der Waals surface area contributed by atoms with Crippen molar-refractivity contribution in [1.82, 2.24) is 5.32 Å². The van der Waals surface area contributed by atoms with E-state index in [9.17, 15) is 0 Å². The zero-order valence-corrected chi connectivity index (χ0v) is 12.7. The molecule has 2 rings (SSSR count). The lowest BCUT2D eigenvalue weighted by Gasteiger charge is -2.04. The molecule has 0 aliphatic rings. The highest BCUT2D eigenvalue weighted by Crippen LogP contribution is 2.30. The molecule has 20 heavy (non-hydrogen) atoms. The molecule has 0 aliphatic heterocycles. The number of halogens is 1. The molecule has 0 fully saturated rings. The quantitative estimate of drug-likeness (QED) is 0.763. The predicted molar refractivity (Wildman–Crippen MR) is 82.3 cm³/mol. The third-order valence-corrected chi connectivity index (χ3v) is 3.40. The largest absolute Gasteiger partial charge is 0.495 e. The molecule has 108 valence electrons. The van der Waals surface area contributed by atoms with Gasteiger partial charge in [-0.1, -0.05) is 24.9 Å². The van der Waals surface area contributed by atoms with E-state index in [2.05, 4.69) is 12.2 Å². The molecular formula is C16H20ClNO2. The normalized spacial score (nSPS) is 10.8. The SMILES string of the molecule is CCCCNCc1ccc(-c2ccc(OC)c(Cl)c2)o1. The Morgan fingerprint density at radius 2 is 2.10 bits per heavy atom. The molecule has 1 heterocycles. The summed E-state index contributed by atoms with van der Waals surface area (Å²) in [5, 5.41) is 3.94. The molecule has 2 aromatic rings. The highest BCUT2D eigenvalue weighted by atomic mass is 35.5. The lowest BCUT2D eigenvalue weighted by Crippen LogP contribution is -2.13. The number of nitrogens with one attached hydrogen (secondary N) is 1. The van der Waals surface area contributed by atoms with Crippen molar-refractivity contribution in [2.45, 2.75) is 26.3 Å². The van der Waals surface area contributed by atoms with Gasteiger partial charge < -0.3 is 14.5 Å². The van der Waals surface area contributed by atoms with Gasteiger partial charge in [-0.3, -0.25) is 0 Å². The summed E-state index contributed by atoms with van der Waals surface area (Å²) >= 11 is 6.13. The Labute approximate surface area is 124 Å². The van der Waals surface area contributed by atoms with E-state index in [1.165, 1.54) is 12.8 Å². The molecule has 0 bridgehead atoms. The first-order valence-corrected chi connectivity index (χ1v) is 7.25. The zero-order valence-electron chi connectivity index (χ0n) is 11.9. The fourth-order valence-electron chi connectivity index (χ4n) is 1.96. The summed E-state index contributed by atoms with van der Waals surface area (Å²) in [5.41, 5.74) is 0.954. The van der Waals surface area contributed by atoms with E-state index in [0.717, 1.165) is 30.2 Å². The second-order valence-electron chi connectivity index (χ2n) is 4.65. The minimum Gasteiger partial charge on any atom is -0.495 e. The van der Waals surface area contributed by atoms with Gasteiger partial charge in [-0.15, -0.1) is 0 Å². The van der Waals surface area contributed by atoms with Crippen molar-refractivity contribution in [3.63, 3.8) is 0 Å². The van der Waals surface area contributed by atoms with E-state index >= 15 is 0 Å². The molecule has 0 saturated heterocycles. The summed E-state index contributed by atoms with van der Waals surface area (Å²) in [6.07, 6.45) is 2.38. The van der Waals surface area contributed by atoms with Crippen molar-refractivity contribution >= 4 is 11.6 Å². The Balaban J connectivity index is 2.03. The molecule has 0 radical (unpaired) electrons. The van der Waals surface area contributed by atoms with Crippen molar-refractivity contribution < 1.29 is 9.15 Å². The van der Waals surface area contributed by atoms with Crippen LogP contribution >= 0.6 is 11.6 Å². The van der Waals surface area contributed by atoms with Gasteiger partial charge in [-0.25, -0.2) is 0 Å². The average molecular weight is 294 g/mol. The fourth-order valence-corrected chi connectivity index (χ4v) is 2.22. The third kappa shape index (κ3) is 3.78. The van der Waals surface area contributed by atoms with Crippen molar-refractivity contribution in [2.24, 2.45) is 0 Å². The Hall–Kier alpha value is -1.45. The van der Waals surface area contributed by atoms with Crippen LogP contribution in [-0.4, -0.2) is 13.7 Å². The summed E-state index contributed by atoms with van der Waals surface area (Å²) in [4.78, 5) is 0. The van der Waals surface area contributed by atoms with E-state index in [0.29, 0.717) is 10.8 Å². The number of methoxy groups -OCH3 is 1. The van der Waals surface area contributed by atoms with Crippen LogP contribution in [0.3, 0.4) is 0 Å². The molecular weight excluding hydrogens is 274 g/mol. The van der Waals surface area contributed by atoms with Gasteiger partial charge in [-0.05, 0) is 43.3 Å². The van der Waals surface area contributed by atoms with Gasteiger partial charge in [0.25, 0.3) is 0 Å². The topological polar surface area (TPSA) is 34.4 Å². The summed E-state index contributed by atoms with van der Waals surface area (Å²) in [6.45, 7) is 3.95. The van der Waals surface area contributed by atoms with E-state index in [-0.39, 0.29) is 0 Å². The molecule has 0 aliphatic carbocycles. The van der Waals surface area contributed by atoms with Gasteiger partial charge in [0.05, 0.1) is 18.7 Å². The van der Waals surface area contributed by atoms with E-state index < -0.39 is 0 Å². The van der Waals surface area contributed by atoms with E-state index in [4.69, 9.17) is 20.8 Å².